The van der Waals surface area contributed by atoms with Gasteiger partial charge in [0.25, 0.3) is 0 Å². The Bertz CT molecular complexity index is 39.9. The zero-order chi connectivity index (χ0) is 7.70. The molecule has 2 heteroatoms. The van der Waals surface area contributed by atoms with Crippen LogP contribution < -0.4 is 0 Å². The van der Waals surface area contributed by atoms with E-state index in [1.807, 2.05) is 13.8 Å². The Balaban J connectivity index is 0. The minimum atomic E-state index is 1.20. The summed E-state index contributed by atoms with van der Waals surface area (Å²) in [4.78, 5) is 0. The maximum Gasteiger partial charge on any atom is 0.00834 e. The second kappa shape index (κ2) is 11.2. The maximum absolute atomic E-state index is 2.22. The van der Waals surface area contributed by atoms with Crippen molar-refractivity contribution in [3.8, 4) is 0 Å². The molecule has 0 aliphatic rings. The molecule has 1 nitrogen and oxygen atoms in total. The van der Waals surface area contributed by atoms with Gasteiger partial charge in [0, 0.05) is 6.54 Å². The highest BCUT2D eigenvalue weighted by Crippen LogP contribution is 1.99. The van der Waals surface area contributed by atoms with Crippen LogP contribution in [0.1, 0.15) is 27.2 Å². The van der Waals surface area contributed by atoms with Crippen molar-refractivity contribution in [2.45, 2.75) is 27.2 Å². The quantitative estimate of drug-likeness (QED) is 0.567. The first-order valence-electron chi connectivity index (χ1n) is 3.56. The lowest BCUT2D eigenvalue weighted by molar-refractivity contribution is 0.561. The summed E-state index contributed by atoms with van der Waals surface area (Å²) in [5, 5.41) is 0. The van der Waals surface area contributed by atoms with Crippen LogP contribution in [0.4, 0.5) is 0 Å². The molecule has 9 heavy (non-hydrogen) atoms. The van der Waals surface area contributed by atoms with Crippen LogP contribution in [0.3, 0.4) is 0 Å². The average Bonchev–Trinajstić information content (AvgIpc) is 1.93. The molecule has 0 heterocycles. The normalized spacial score (nSPS) is 8.67. The zero-order valence-corrected chi connectivity index (χ0v) is 8.09. The Hall–Kier alpha value is 0.310. The molecule has 0 aromatic heterocycles. The van der Waals surface area contributed by atoms with Crippen LogP contribution in [0.15, 0.2) is 0 Å². The monoisotopic (exact) mass is 149 g/mol. The van der Waals surface area contributed by atoms with Crippen LogP contribution in [0.5, 0.6) is 0 Å². The summed E-state index contributed by atoms with van der Waals surface area (Å²) in [5.41, 5.74) is 0. The summed E-state index contributed by atoms with van der Waals surface area (Å²) >= 11 is 1.78. The van der Waals surface area contributed by atoms with Gasteiger partial charge in [-0.05, 0) is 19.7 Å². The van der Waals surface area contributed by atoms with E-state index in [-0.39, 0.29) is 0 Å². The third kappa shape index (κ3) is 11.7. The molecule has 0 N–H and O–H groups in total. The summed E-state index contributed by atoms with van der Waals surface area (Å²) < 4.78 is 2.22. The van der Waals surface area contributed by atoms with Gasteiger partial charge in [-0.25, -0.2) is 0 Å². The lowest BCUT2D eigenvalue weighted by atomic mass is 10.5. The van der Waals surface area contributed by atoms with E-state index in [0.717, 1.165) is 0 Å². The fourth-order valence-corrected chi connectivity index (χ4v) is 0.771. The van der Waals surface area contributed by atoms with E-state index in [0.29, 0.717) is 0 Å². The highest BCUT2D eigenvalue weighted by molar-refractivity contribution is 7.96. The van der Waals surface area contributed by atoms with Gasteiger partial charge in [0.15, 0.2) is 0 Å². The molecule has 0 aromatic carbocycles. The summed E-state index contributed by atoms with van der Waals surface area (Å²) in [7, 11) is 2.11. The molecule has 0 amide bonds. The van der Waals surface area contributed by atoms with E-state index in [1.165, 1.54) is 13.0 Å². The van der Waals surface area contributed by atoms with E-state index >= 15 is 0 Å². The highest BCUT2D eigenvalue weighted by Gasteiger charge is 1.87. The van der Waals surface area contributed by atoms with Crippen molar-refractivity contribution in [2.24, 2.45) is 0 Å². The highest BCUT2D eigenvalue weighted by atomic mass is 32.2. The van der Waals surface area contributed by atoms with Crippen LogP contribution in [0, 0.1) is 0 Å². The summed E-state index contributed by atoms with van der Waals surface area (Å²) in [6.07, 6.45) is 3.34. The van der Waals surface area contributed by atoms with E-state index < -0.39 is 0 Å². The van der Waals surface area contributed by atoms with Gasteiger partial charge in [-0.15, -0.1) is 0 Å². The molecule has 0 bridgehead atoms. The predicted octanol–water partition coefficient (Wildman–Crippen LogP) is 2.63. The van der Waals surface area contributed by atoms with Gasteiger partial charge in [-0.3, -0.25) is 4.31 Å². The third-order valence-corrected chi connectivity index (χ3v) is 1.66. The number of hydrogen-bond donors (Lipinski definition) is 0. The SMILES string of the molecule is CC.CCCN(C)SC. The molecule has 0 radical (unpaired) electrons. The van der Waals surface area contributed by atoms with Crippen LogP contribution in [0.2, 0.25) is 0 Å². The first kappa shape index (κ1) is 12.0. The third-order valence-electron chi connectivity index (χ3n) is 0.850. The topological polar surface area (TPSA) is 3.24 Å². The molecule has 0 rings (SSSR count). The lowest BCUT2D eigenvalue weighted by Crippen LogP contribution is -2.07. The molecular formula is C7H19NS. The molecule has 58 valence electrons. The smallest absolute Gasteiger partial charge is 0.00834 e. The molecule has 0 spiro atoms. The molecule has 0 fully saturated rings. The molecular weight excluding hydrogens is 130 g/mol. The van der Waals surface area contributed by atoms with Crippen molar-refractivity contribution in [2.75, 3.05) is 19.8 Å². The van der Waals surface area contributed by atoms with Gasteiger partial charge in [-0.2, -0.15) is 0 Å². The standard InChI is InChI=1S/C5H13NS.C2H6/c1-4-5-6(2)7-3;1-2/h4-5H2,1-3H3;1-2H3. The molecule has 0 unspecified atom stereocenters. The van der Waals surface area contributed by atoms with Crippen molar-refractivity contribution in [1.29, 1.82) is 0 Å². The fourth-order valence-electron chi connectivity index (χ4n) is 0.406. The number of hydrogen-bond acceptors (Lipinski definition) is 2. The van der Waals surface area contributed by atoms with Crippen molar-refractivity contribution in [1.82, 2.24) is 4.31 Å². The van der Waals surface area contributed by atoms with Crippen LogP contribution in [-0.4, -0.2) is 24.2 Å². The molecule has 0 aromatic rings. The van der Waals surface area contributed by atoms with Crippen LogP contribution >= 0.6 is 11.9 Å². The Labute approximate surface area is 64.0 Å². The number of rotatable bonds is 3. The minimum absolute atomic E-state index is 1.20. The van der Waals surface area contributed by atoms with E-state index in [1.54, 1.807) is 11.9 Å². The van der Waals surface area contributed by atoms with Gasteiger partial charge < -0.3 is 0 Å². The Kier molecular flexibility index (Phi) is 14.9. The Morgan fingerprint density at radius 3 is 1.89 bits per heavy atom. The van der Waals surface area contributed by atoms with Gasteiger partial charge in [-0.1, -0.05) is 32.7 Å². The van der Waals surface area contributed by atoms with Gasteiger partial charge in [0.2, 0.25) is 0 Å². The molecule has 0 atom stereocenters. The minimum Gasteiger partial charge on any atom is -0.254 e. The average molecular weight is 149 g/mol. The second-order valence-corrected chi connectivity index (χ2v) is 2.52. The number of nitrogens with zero attached hydrogens (tertiary/aromatic N) is 1. The maximum atomic E-state index is 2.22. The largest absolute Gasteiger partial charge is 0.254 e. The van der Waals surface area contributed by atoms with E-state index in [9.17, 15) is 0 Å². The lowest BCUT2D eigenvalue weighted by Gasteiger charge is -2.08. The Morgan fingerprint density at radius 2 is 1.78 bits per heavy atom. The van der Waals surface area contributed by atoms with Crippen LogP contribution in [-0.2, 0) is 0 Å². The summed E-state index contributed by atoms with van der Waals surface area (Å²) in [6, 6.07) is 0. The summed E-state index contributed by atoms with van der Waals surface area (Å²) in [5.74, 6) is 0. The van der Waals surface area contributed by atoms with Crippen LogP contribution in [0.25, 0.3) is 0 Å². The van der Waals surface area contributed by atoms with Crippen molar-refractivity contribution in [3.63, 3.8) is 0 Å². The molecule has 0 aliphatic carbocycles. The van der Waals surface area contributed by atoms with Crippen molar-refractivity contribution < 1.29 is 0 Å². The molecule has 0 saturated carbocycles. The van der Waals surface area contributed by atoms with Gasteiger partial charge in [0.05, 0.1) is 0 Å². The Morgan fingerprint density at radius 1 is 1.33 bits per heavy atom. The van der Waals surface area contributed by atoms with Crippen molar-refractivity contribution >= 4 is 11.9 Å². The first-order chi connectivity index (χ1) is 4.31. The summed E-state index contributed by atoms with van der Waals surface area (Å²) in [6.45, 7) is 7.38. The molecule has 0 saturated heterocycles. The zero-order valence-electron chi connectivity index (χ0n) is 7.27. The predicted molar refractivity (Wildman–Crippen MR) is 47.8 cm³/mol. The second-order valence-electron chi connectivity index (χ2n) is 1.53. The molecule has 0 aliphatic heterocycles. The fraction of sp³-hybridized carbons (Fsp3) is 1.00. The first-order valence-corrected chi connectivity index (χ1v) is 4.74. The van der Waals surface area contributed by atoms with Crippen molar-refractivity contribution in [3.05, 3.63) is 0 Å². The van der Waals surface area contributed by atoms with E-state index in [2.05, 4.69) is 24.5 Å². The van der Waals surface area contributed by atoms with Gasteiger partial charge >= 0.3 is 0 Å². The van der Waals surface area contributed by atoms with E-state index in [4.69, 9.17) is 0 Å². The van der Waals surface area contributed by atoms with Gasteiger partial charge in [0.1, 0.15) is 0 Å².